The summed E-state index contributed by atoms with van der Waals surface area (Å²) in [7, 11) is 1.54. The van der Waals surface area contributed by atoms with Gasteiger partial charge in [-0.1, -0.05) is 12.1 Å². The quantitative estimate of drug-likeness (QED) is 0.590. The van der Waals surface area contributed by atoms with Crippen LogP contribution in [0.5, 0.6) is 0 Å². The number of hydrogen-bond acceptors (Lipinski definition) is 5. The highest BCUT2D eigenvalue weighted by atomic mass is 35.5. The summed E-state index contributed by atoms with van der Waals surface area (Å²) in [6, 6.07) is 7.74. The first kappa shape index (κ1) is 25.6. The Bertz CT molecular complexity index is 582. The number of halogens is 2. The van der Waals surface area contributed by atoms with Gasteiger partial charge in [-0.3, -0.25) is 14.5 Å². The van der Waals surface area contributed by atoms with Crippen molar-refractivity contribution < 1.29 is 14.3 Å². The Morgan fingerprint density at radius 3 is 2.52 bits per heavy atom. The van der Waals surface area contributed by atoms with Crippen molar-refractivity contribution in [2.75, 3.05) is 32.1 Å². The largest absolute Gasteiger partial charge is 0.380 e. The van der Waals surface area contributed by atoms with Gasteiger partial charge < -0.3 is 21.5 Å². The van der Waals surface area contributed by atoms with Crippen molar-refractivity contribution in [3.63, 3.8) is 0 Å². The molecule has 0 bridgehead atoms. The predicted octanol–water partition coefficient (Wildman–Crippen LogP) is 1.53. The highest BCUT2D eigenvalue weighted by Crippen LogP contribution is 2.19. The molecule has 1 aliphatic rings. The molecule has 0 saturated carbocycles. The van der Waals surface area contributed by atoms with Crippen LogP contribution in [-0.2, 0) is 20.9 Å². The molecule has 1 aromatic carbocycles. The van der Waals surface area contributed by atoms with E-state index in [0.29, 0.717) is 13.1 Å². The van der Waals surface area contributed by atoms with Crippen LogP contribution in [0.2, 0.25) is 0 Å². The highest BCUT2D eigenvalue weighted by molar-refractivity contribution is 5.91. The summed E-state index contributed by atoms with van der Waals surface area (Å²) in [5.74, 6) is -0.386. The van der Waals surface area contributed by atoms with E-state index in [1.165, 1.54) is 0 Å². The molecule has 1 heterocycles. The fourth-order valence-electron chi connectivity index (χ4n) is 3.06. The van der Waals surface area contributed by atoms with Gasteiger partial charge in [0, 0.05) is 32.4 Å². The van der Waals surface area contributed by atoms with Crippen molar-refractivity contribution >= 4 is 42.3 Å². The molecular formula is C18H30Cl2N4O3. The van der Waals surface area contributed by atoms with E-state index in [0.717, 1.165) is 37.2 Å². The van der Waals surface area contributed by atoms with Gasteiger partial charge in [0.05, 0.1) is 18.4 Å². The molecular weight excluding hydrogens is 391 g/mol. The van der Waals surface area contributed by atoms with Gasteiger partial charge in [-0.15, -0.1) is 24.8 Å². The Morgan fingerprint density at radius 1 is 1.30 bits per heavy atom. The molecule has 0 aliphatic carbocycles. The molecule has 2 rings (SSSR count). The van der Waals surface area contributed by atoms with Crippen molar-refractivity contribution in [1.82, 2.24) is 4.90 Å². The molecule has 2 unspecified atom stereocenters. The third-order valence-corrected chi connectivity index (χ3v) is 4.56. The summed E-state index contributed by atoms with van der Waals surface area (Å²) >= 11 is 0. The lowest BCUT2D eigenvalue weighted by molar-refractivity contribution is -0.123. The summed E-state index contributed by atoms with van der Waals surface area (Å²) in [4.78, 5) is 25.5. The van der Waals surface area contributed by atoms with Crippen molar-refractivity contribution in [3.05, 3.63) is 29.8 Å². The van der Waals surface area contributed by atoms with Crippen molar-refractivity contribution in [3.8, 4) is 0 Å². The Morgan fingerprint density at radius 2 is 1.96 bits per heavy atom. The van der Waals surface area contributed by atoms with Crippen LogP contribution in [0, 0.1) is 5.92 Å². The van der Waals surface area contributed by atoms with Crippen LogP contribution in [0.4, 0.5) is 5.69 Å². The lowest BCUT2D eigenvalue weighted by atomic mass is 9.97. The first-order valence-electron chi connectivity index (χ1n) is 8.65. The Hall–Kier alpha value is -1.38. The van der Waals surface area contributed by atoms with E-state index < -0.39 is 0 Å². The van der Waals surface area contributed by atoms with Gasteiger partial charge in [0.25, 0.3) is 0 Å². The molecule has 27 heavy (non-hydrogen) atoms. The first-order chi connectivity index (χ1) is 12.0. The van der Waals surface area contributed by atoms with Crippen LogP contribution in [0.15, 0.2) is 24.3 Å². The average molecular weight is 421 g/mol. The van der Waals surface area contributed by atoms with Crippen LogP contribution in [0.25, 0.3) is 0 Å². The maximum absolute atomic E-state index is 11.9. The number of nitrogens with zero attached hydrogens (tertiary/aromatic N) is 1. The molecule has 0 radical (unpaired) electrons. The predicted molar refractivity (Wildman–Crippen MR) is 111 cm³/mol. The maximum Gasteiger partial charge on any atom is 0.227 e. The number of amides is 2. The van der Waals surface area contributed by atoms with Crippen LogP contribution in [-0.4, -0.2) is 49.6 Å². The Labute approximate surface area is 173 Å². The van der Waals surface area contributed by atoms with Gasteiger partial charge in [-0.25, -0.2) is 0 Å². The van der Waals surface area contributed by atoms with Crippen molar-refractivity contribution in [2.24, 2.45) is 17.4 Å². The minimum absolute atomic E-state index is 0. The summed E-state index contributed by atoms with van der Waals surface area (Å²) < 4.78 is 5.11. The van der Waals surface area contributed by atoms with E-state index in [1.54, 1.807) is 7.11 Å². The molecule has 1 aliphatic heterocycles. The summed E-state index contributed by atoms with van der Waals surface area (Å²) in [5, 5.41) is 2.84. The molecule has 0 aromatic heterocycles. The Kier molecular flexibility index (Phi) is 12.2. The molecule has 1 aromatic rings. The van der Waals surface area contributed by atoms with E-state index in [2.05, 4.69) is 10.2 Å². The topological polar surface area (TPSA) is 111 Å². The number of rotatable bonds is 8. The number of methoxy groups -OCH3 is 1. The zero-order valence-corrected chi connectivity index (χ0v) is 17.2. The van der Waals surface area contributed by atoms with Gasteiger partial charge in [0.1, 0.15) is 0 Å². The number of benzene rings is 1. The van der Waals surface area contributed by atoms with Gasteiger partial charge in [0.2, 0.25) is 11.8 Å². The van der Waals surface area contributed by atoms with Crippen LogP contribution < -0.4 is 16.8 Å². The van der Waals surface area contributed by atoms with Gasteiger partial charge >= 0.3 is 0 Å². The molecule has 7 nitrogen and oxygen atoms in total. The lowest BCUT2D eigenvalue weighted by Gasteiger charge is -2.31. The molecule has 1 fully saturated rings. The maximum atomic E-state index is 11.9. The zero-order valence-electron chi connectivity index (χ0n) is 15.6. The number of ether oxygens (including phenoxy) is 1. The number of carbonyl (C=O) groups is 2. The number of anilines is 1. The minimum Gasteiger partial charge on any atom is -0.380 e. The van der Waals surface area contributed by atoms with E-state index in [-0.39, 0.29) is 55.1 Å². The third kappa shape index (κ3) is 8.45. The number of nitrogens with one attached hydrogen (secondary N) is 1. The number of nitrogens with two attached hydrogens (primary N) is 2. The van der Waals surface area contributed by atoms with Crippen molar-refractivity contribution in [1.29, 1.82) is 0 Å². The summed E-state index contributed by atoms with van der Waals surface area (Å²) in [5.41, 5.74) is 12.8. The number of hydrogen-bond donors (Lipinski definition) is 3. The number of primary amides is 1. The molecule has 9 heteroatoms. The molecule has 2 atom stereocenters. The number of piperidine rings is 1. The van der Waals surface area contributed by atoms with E-state index >= 15 is 0 Å². The molecule has 2 amide bonds. The van der Waals surface area contributed by atoms with E-state index in [1.807, 2.05) is 24.3 Å². The Balaban J connectivity index is 0.00000338. The van der Waals surface area contributed by atoms with Crippen LogP contribution >= 0.6 is 24.8 Å². The summed E-state index contributed by atoms with van der Waals surface area (Å²) in [6.07, 6.45) is 1.83. The molecule has 0 spiro atoms. The third-order valence-electron chi connectivity index (χ3n) is 4.56. The van der Waals surface area contributed by atoms with Gasteiger partial charge in [-0.05, 0) is 37.1 Å². The minimum atomic E-state index is -0.267. The molecule has 5 N–H and O–H groups in total. The molecule has 154 valence electrons. The van der Waals surface area contributed by atoms with E-state index in [4.69, 9.17) is 16.2 Å². The SMILES string of the molecule is COC(CN)CC(=O)Nc1ccc(CN2CCCC(C(N)=O)C2)cc1.Cl.Cl. The van der Waals surface area contributed by atoms with Crippen LogP contribution in [0.1, 0.15) is 24.8 Å². The number of likely N-dealkylation sites (tertiary alicyclic amines) is 1. The lowest BCUT2D eigenvalue weighted by Crippen LogP contribution is -2.40. The number of carbonyl (C=O) groups excluding carboxylic acids is 2. The second kappa shape index (κ2) is 12.9. The van der Waals surface area contributed by atoms with Gasteiger partial charge in [-0.2, -0.15) is 0 Å². The van der Waals surface area contributed by atoms with Gasteiger partial charge in [0.15, 0.2) is 0 Å². The fraction of sp³-hybridized carbons (Fsp3) is 0.556. The smallest absolute Gasteiger partial charge is 0.227 e. The zero-order chi connectivity index (χ0) is 18.2. The fourth-order valence-corrected chi connectivity index (χ4v) is 3.06. The highest BCUT2D eigenvalue weighted by Gasteiger charge is 2.23. The first-order valence-corrected chi connectivity index (χ1v) is 8.65. The summed E-state index contributed by atoms with van der Waals surface area (Å²) in [6.45, 7) is 2.77. The second-order valence-corrected chi connectivity index (χ2v) is 6.52. The molecule has 1 saturated heterocycles. The average Bonchev–Trinajstić information content (AvgIpc) is 2.61. The monoisotopic (exact) mass is 420 g/mol. The normalized spacial score (nSPS) is 17.9. The van der Waals surface area contributed by atoms with E-state index in [9.17, 15) is 9.59 Å². The standard InChI is InChI=1S/C18H28N4O3.2ClH/c1-25-16(10-19)9-17(23)21-15-6-4-13(5-7-15)11-22-8-2-3-14(12-22)18(20)24;;/h4-7,14,16H,2-3,8-12,19H2,1H3,(H2,20,24)(H,21,23);2*1H. The second-order valence-electron chi connectivity index (χ2n) is 6.52. The van der Waals surface area contributed by atoms with Crippen molar-refractivity contribution in [2.45, 2.75) is 31.9 Å². The van der Waals surface area contributed by atoms with Crippen LogP contribution in [0.3, 0.4) is 0 Å².